The maximum Gasteiger partial charge on any atom is 0.338 e. The second-order valence-corrected chi connectivity index (χ2v) is 16.9. The fourth-order valence-electron chi connectivity index (χ4n) is 5.95. The number of fused-ring (bicyclic) bond motifs is 1. The van der Waals surface area contributed by atoms with Crippen molar-refractivity contribution in [1.29, 1.82) is 0 Å². The highest BCUT2D eigenvalue weighted by Crippen LogP contribution is 2.37. The monoisotopic (exact) mass is 776 g/mol. The molecule has 2 unspecified atom stereocenters. The Morgan fingerprint density at radius 3 is 1.71 bits per heavy atom. The lowest BCUT2D eigenvalue weighted by Crippen LogP contribution is -2.43. The zero-order valence-corrected chi connectivity index (χ0v) is 33.3. The van der Waals surface area contributed by atoms with E-state index in [0.717, 1.165) is 9.96 Å². The van der Waals surface area contributed by atoms with Crippen LogP contribution in [0.4, 0.5) is 0 Å². The van der Waals surface area contributed by atoms with Crippen LogP contribution in [-0.4, -0.2) is 124 Å². The molecular weight excluding hydrogens is 720 g/mol. The Balaban J connectivity index is 1.28. The Kier molecular flexibility index (Phi) is 13.7. The lowest BCUT2D eigenvalue weighted by atomic mass is 9.90. The first-order valence-electron chi connectivity index (χ1n) is 18.9. The molecule has 4 rings (SSSR count). The summed E-state index contributed by atoms with van der Waals surface area (Å²) in [6.45, 7) is 15.0. The molecule has 17 nitrogen and oxygen atoms in total. The minimum atomic E-state index is -1.07. The minimum Gasteiger partial charge on any atom is -0.375 e. The smallest absolute Gasteiger partial charge is 0.338 e. The third-order valence-corrected chi connectivity index (χ3v) is 10.4. The molecule has 0 bridgehead atoms. The van der Waals surface area contributed by atoms with Crippen LogP contribution < -0.4 is 0 Å². The number of epoxide rings is 1. The topological polar surface area (TPSA) is 199 Å². The summed E-state index contributed by atoms with van der Waals surface area (Å²) in [7, 11) is 0. The summed E-state index contributed by atoms with van der Waals surface area (Å²) in [5.41, 5.74) is -3.50. The summed E-state index contributed by atoms with van der Waals surface area (Å²) in [6, 6.07) is 0. The van der Waals surface area contributed by atoms with Gasteiger partial charge in [0.1, 0.15) is 6.10 Å². The summed E-state index contributed by atoms with van der Waals surface area (Å²) in [6.07, 6.45) is 3.85. The second-order valence-electron chi connectivity index (χ2n) is 16.9. The highest BCUT2D eigenvalue weighted by atomic mass is 16.8. The van der Waals surface area contributed by atoms with Crippen LogP contribution in [0.1, 0.15) is 113 Å². The van der Waals surface area contributed by atoms with Crippen molar-refractivity contribution in [2.45, 2.75) is 137 Å². The Morgan fingerprint density at radius 2 is 1.20 bits per heavy atom. The van der Waals surface area contributed by atoms with Gasteiger partial charge in [-0.05, 0) is 87.5 Å². The first-order valence-corrected chi connectivity index (χ1v) is 18.9. The average molecular weight is 777 g/mol. The number of carbonyl (C=O) groups is 8. The molecule has 4 aliphatic heterocycles. The van der Waals surface area contributed by atoms with Gasteiger partial charge in [0.2, 0.25) is 5.91 Å². The van der Waals surface area contributed by atoms with Crippen LogP contribution in [0.15, 0.2) is 12.2 Å². The van der Waals surface area contributed by atoms with Crippen LogP contribution in [0, 0.1) is 10.8 Å². The van der Waals surface area contributed by atoms with Gasteiger partial charge in [-0.2, -0.15) is 0 Å². The number of imide groups is 2. The van der Waals surface area contributed by atoms with E-state index in [1.54, 1.807) is 32.6 Å². The van der Waals surface area contributed by atoms with Crippen molar-refractivity contribution in [3.63, 3.8) is 0 Å². The molecule has 2 atom stereocenters. The SMILES string of the molecule is CC(C)(CCN(CCC(C)(C)OCCC(C)(C)C(=O)ON1C(=O)CCC2OC21)C(=O)CCN1C(=O)C=CC1=O)OCCC(C)(C)C(=O)ON1C(=O)CCC1=O. The van der Waals surface area contributed by atoms with Gasteiger partial charge in [-0.15, -0.1) is 10.1 Å². The van der Waals surface area contributed by atoms with Crippen LogP contribution in [0.5, 0.6) is 0 Å². The number of hydrogen-bond donors (Lipinski definition) is 0. The van der Waals surface area contributed by atoms with E-state index >= 15 is 0 Å². The summed E-state index contributed by atoms with van der Waals surface area (Å²) in [4.78, 5) is 113. The molecule has 3 saturated heterocycles. The molecule has 17 heteroatoms. The van der Waals surface area contributed by atoms with Gasteiger partial charge in [0.05, 0.1) is 22.0 Å². The highest BCUT2D eigenvalue weighted by Gasteiger charge is 2.52. The van der Waals surface area contributed by atoms with Gasteiger partial charge in [-0.25, -0.2) is 9.59 Å². The molecule has 4 heterocycles. The van der Waals surface area contributed by atoms with E-state index in [1.165, 1.54) is 12.2 Å². The van der Waals surface area contributed by atoms with E-state index in [1.807, 2.05) is 27.7 Å². The van der Waals surface area contributed by atoms with E-state index in [9.17, 15) is 38.4 Å². The standard InChI is InChI=1S/C38H56N4O13/c1-35(2,33(49)54-41-29(46)13-14-30(41)47)18-23-51-37(5,6)16-21-39(26(43)15-20-40-27(44)11-12-28(40)45)22-17-38(7,8)52-24-19-36(3,4)34(50)55-42-31(48)10-9-25-32(42)53-25/h11-12,25,32H,9-10,13-24H2,1-8H3. The fourth-order valence-corrected chi connectivity index (χ4v) is 5.95. The number of hydroxylamine groups is 4. The van der Waals surface area contributed by atoms with Crippen molar-refractivity contribution in [3.05, 3.63) is 12.2 Å². The van der Waals surface area contributed by atoms with Gasteiger partial charge >= 0.3 is 11.9 Å². The Hall–Kier alpha value is -4.22. The van der Waals surface area contributed by atoms with Crippen LogP contribution in [0.2, 0.25) is 0 Å². The van der Waals surface area contributed by atoms with Gasteiger partial charge in [-0.1, -0.05) is 0 Å². The normalized spacial score (nSPS) is 20.4. The number of amides is 6. The van der Waals surface area contributed by atoms with Gasteiger partial charge in [0.25, 0.3) is 29.5 Å². The summed E-state index contributed by atoms with van der Waals surface area (Å²) >= 11 is 0. The van der Waals surface area contributed by atoms with Crippen molar-refractivity contribution in [1.82, 2.24) is 19.9 Å². The van der Waals surface area contributed by atoms with Gasteiger partial charge in [0.15, 0.2) is 6.23 Å². The molecule has 55 heavy (non-hydrogen) atoms. The van der Waals surface area contributed by atoms with Crippen molar-refractivity contribution in [3.8, 4) is 0 Å². The van der Waals surface area contributed by atoms with E-state index < -0.39 is 63.8 Å². The zero-order valence-electron chi connectivity index (χ0n) is 33.3. The van der Waals surface area contributed by atoms with Gasteiger partial charge in [-0.3, -0.25) is 33.7 Å². The van der Waals surface area contributed by atoms with Crippen LogP contribution in [-0.2, 0) is 62.2 Å². The second kappa shape index (κ2) is 17.3. The molecule has 0 aromatic rings. The zero-order chi connectivity index (χ0) is 40.9. The first kappa shape index (κ1) is 43.5. The lowest BCUT2D eigenvalue weighted by Gasteiger charge is -2.34. The lowest BCUT2D eigenvalue weighted by molar-refractivity contribution is -0.216. The molecule has 0 N–H and O–H groups in total. The molecule has 4 aliphatic rings. The van der Waals surface area contributed by atoms with Gasteiger partial charge in [0, 0.05) is 70.7 Å². The Morgan fingerprint density at radius 1 is 0.709 bits per heavy atom. The third kappa shape index (κ3) is 11.9. The van der Waals surface area contributed by atoms with Crippen molar-refractivity contribution < 1.29 is 62.2 Å². The van der Waals surface area contributed by atoms with E-state index in [2.05, 4.69) is 0 Å². The number of hydrogen-bond acceptors (Lipinski definition) is 13. The largest absolute Gasteiger partial charge is 0.375 e. The van der Waals surface area contributed by atoms with Crippen LogP contribution in [0.25, 0.3) is 0 Å². The summed E-state index contributed by atoms with van der Waals surface area (Å²) in [5.74, 6) is -3.92. The molecule has 0 radical (unpaired) electrons. The van der Waals surface area contributed by atoms with E-state index in [-0.39, 0.29) is 82.9 Å². The first-order chi connectivity index (χ1) is 25.5. The number of rotatable bonds is 21. The number of carbonyl (C=O) groups excluding carboxylic acids is 8. The molecule has 0 saturated carbocycles. The fraction of sp³-hybridized carbons (Fsp3) is 0.737. The molecule has 3 fully saturated rings. The Labute approximate surface area is 321 Å². The quantitative estimate of drug-likeness (QED) is 0.122. The number of piperidine rings is 1. The predicted octanol–water partition coefficient (Wildman–Crippen LogP) is 2.75. The number of ether oxygens (including phenoxy) is 3. The van der Waals surface area contributed by atoms with Crippen molar-refractivity contribution in [2.24, 2.45) is 10.8 Å². The predicted molar refractivity (Wildman–Crippen MR) is 191 cm³/mol. The van der Waals surface area contributed by atoms with Gasteiger partial charge < -0.3 is 28.8 Å². The average Bonchev–Trinajstić information content (AvgIpc) is 3.73. The number of nitrogens with zero attached hydrogens (tertiary/aromatic N) is 4. The molecule has 306 valence electrons. The van der Waals surface area contributed by atoms with Crippen LogP contribution >= 0.6 is 0 Å². The molecular formula is C38H56N4O13. The molecule has 6 amide bonds. The van der Waals surface area contributed by atoms with E-state index in [0.29, 0.717) is 30.7 Å². The maximum atomic E-state index is 13.6. The molecule has 0 aromatic heterocycles. The molecule has 0 spiro atoms. The summed E-state index contributed by atoms with van der Waals surface area (Å²) < 4.78 is 17.8. The van der Waals surface area contributed by atoms with Crippen LogP contribution in [0.3, 0.4) is 0 Å². The minimum absolute atomic E-state index is 0.00282. The van der Waals surface area contributed by atoms with Crippen molar-refractivity contribution in [2.75, 3.05) is 32.8 Å². The summed E-state index contributed by atoms with van der Waals surface area (Å²) in [5, 5.41) is 1.56. The molecule has 0 aromatic carbocycles. The highest BCUT2D eigenvalue weighted by molar-refractivity contribution is 6.13. The molecule has 0 aliphatic carbocycles. The van der Waals surface area contributed by atoms with E-state index in [4.69, 9.17) is 23.9 Å². The third-order valence-electron chi connectivity index (χ3n) is 10.4. The maximum absolute atomic E-state index is 13.6. The Bertz CT molecular complexity index is 1530. The van der Waals surface area contributed by atoms with Crippen molar-refractivity contribution >= 4 is 47.4 Å².